The van der Waals surface area contributed by atoms with E-state index in [-0.39, 0.29) is 28.1 Å². The predicted octanol–water partition coefficient (Wildman–Crippen LogP) is 4.80. The van der Waals surface area contributed by atoms with Crippen LogP contribution >= 0.6 is 34.7 Å². The van der Waals surface area contributed by atoms with Gasteiger partial charge in [0.25, 0.3) is 0 Å². The molecule has 0 spiro atoms. The minimum Gasteiger partial charge on any atom is -0.315 e. The molecule has 5 nitrogen and oxygen atoms in total. The third-order valence-electron chi connectivity index (χ3n) is 5.27. The smallest absolute Gasteiger partial charge is 0.315 e. The number of fused-ring (bicyclic) bond motifs is 1. The highest BCUT2D eigenvalue weighted by Gasteiger charge is 2.53. The SMILES string of the molecule is CC12CCC(=O)N1C(C(=O)Nc1ncc(Cc3cc(C(F)(F)F)ccc3Cl)s1)CS2. The lowest BCUT2D eigenvalue weighted by atomic mass is 10.1. The number of anilines is 1. The van der Waals surface area contributed by atoms with Crippen LogP contribution in [0, 0.1) is 0 Å². The predicted molar refractivity (Wildman–Crippen MR) is 111 cm³/mol. The van der Waals surface area contributed by atoms with Gasteiger partial charge in [-0.3, -0.25) is 9.59 Å². The number of hydrogen-bond acceptors (Lipinski definition) is 5. The fraction of sp³-hybridized carbons (Fsp3) is 0.421. The Labute approximate surface area is 184 Å². The molecule has 4 rings (SSSR count). The first-order valence-corrected chi connectivity index (χ1v) is 11.3. The van der Waals surface area contributed by atoms with Gasteiger partial charge in [0.1, 0.15) is 6.04 Å². The first-order chi connectivity index (χ1) is 14.1. The molecule has 2 aliphatic rings. The number of hydrogen-bond donors (Lipinski definition) is 1. The number of benzene rings is 1. The molecule has 0 bridgehead atoms. The van der Waals surface area contributed by atoms with Gasteiger partial charge >= 0.3 is 6.18 Å². The molecule has 2 fully saturated rings. The topological polar surface area (TPSA) is 62.3 Å². The number of rotatable bonds is 4. The number of nitrogens with one attached hydrogen (secondary N) is 1. The molecule has 0 saturated carbocycles. The Morgan fingerprint density at radius 3 is 2.93 bits per heavy atom. The Bertz CT molecular complexity index is 1010. The number of carbonyl (C=O) groups is 2. The van der Waals surface area contributed by atoms with E-state index in [9.17, 15) is 22.8 Å². The van der Waals surface area contributed by atoms with Crippen LogP contribution in [-0.2, 0) is 22.2 Å². The molecule has 2 saturated heterocycles. The van der Waals surface area contributed by atoms with Crippen molar-refractivity contribution in [2.75, 3.05) is 11.1 Å². The van der Waals surface area contributed by atoms with Crippen LogP contribution in [0.3, 0.4) is 0 Å². The summed E-state index contributed by atoms with van der Waals surface area (Å²) in [4.78, 5) is 31.1. The standard InChI is InChI=1S/C19H17ClF3N3O2S2/c1-18-5-4-15(27)26(18)14(9-29-18)16(28)25-17-24-8-12(30-17)7-10-6-11(19(21,22)23)2-3-13(10)20/h2-3,6,8,14H,4-5,7,9H2,1H3,(H,24,25,28). The Morgan fingerprint density at radius 2 is 2.20 bits per heavy atom. The molecule has 2 unspecified atom stereocenters. The number of nitrogens with zero attached hydrogens (tertiary/aromatic N) is 2. The fourth-order valence-electron chi connectivity index (χ4n) is 3.72. The molecule has 0 radical (unpaired) electrons. The van der Waals surface area contributed by atoms with Gasteiger partial charge in [-0.2, -0.15) is 13.2 Å². The van der Waals surface area contributed by atoms with E-state index in [1.54, 1.807) is 16.7 Å². The summed E-state index contributed by atoms with van der Waals surface area (Å²) in [5.74, 6) is 0.188. The average molecular weight is 476 g/mol. The molecule has 3 heterocycles. The normalized spacial score (nSPS) is 23.7. The summed E-state index contributed by atoms with van der Waals surface area (Å²) in [6, 6.07) is 2.64. The number of carbonyl (C=O) groups excluding carboxylic acids is 2. The quantitative estimate of drug-likeness (QED) is 0.690. The van der Waals surface area contributed by atoms with E-state index in [1.165, 1.54) is 23.6 Å². The van der Waals surface area contributed by atoms with Gasteiger partial charge in [0.15, 0.2) is 5.13 Å². The molecule has 1 N–H and O–H groups in total. The van der Waals surface area contributed by atoms with E-state index in [0.717, 1.165) is 18.6 Å². The maximum Gasteiger partial charge on any atom is 0.416 e. The maximum atomic E-state index is 13.0. The van der Waals surface area contributed by atoms with Crippen molar-refractivity contribution in [3.05, 3.63) is 45.4 Å². The Morgan fingerprint density at radius 1 is 1.43 bits per heavy atom. The van der Waals surface area contributed by atoms with Crippen LogP contribution in [0.15, 0.2) is 24.4 Å². The number of alkyl halides is 3. The largest absolute Gasteiger partial charge is 0.416 e. The molecule has 11 heteroatoms. The average Bonchev–Trinajstić information content (AvgIpc) is 3.32. The minimum atomic E-state index is -4.45. The van der Waals surface area contributed by atoms with Crippen LogP contribution < -0.4 is 5.32 Å². The summed E-state index contributed by atoms with van der Waals surface area (Å²) < 4.78 is 38.9. The molecular weight excluding hydrogens is 459 g/mol. The molecular formula is C19H17ClF3N3O2S2. The van der Waals surface area contributed by atoms with Gasteiger partial charge < -0.3 is 10.2 Å². The zero-order valence-electron chi connectivity index (χ0n) is 15.8. The maximum absolute atomic E-state index is 13.0. The van der Waals surface area contributed by atoms with Crippen molar-refractivity contribution in [1.29, 1.82) is 0 Å². The van der Waals surface area contributed by atoms with Crippen molar-refractivity contribution in [2.45, 2.75) is 43.3 Å². The van der Waals surface area contributed by atoms with E-state index in [0.29, 0.717) is 27.7 Å². The van der Waals surface area contributed by atoms with Crippen LogP contribution in [0.1, 0.15) is 35.8 Å². The van der Waals surface area contributed by atoms with Crippen LogP contribution in [0.2, 0.25) is 5.02 Å². The van der Waals surface area contributed by atoms with Crippen molar-refractivity contribution in [2.24, 2.45) is 0 Å². The fourth-order valence-corrected chi connectivity index (χ4v) is 6.18. The Hall–Kier alpha value is -1.78. The van der Waals surface area contributed by atoms with Crippen molar-refractivity contribution >= 4 is 51.6 Å². The van der Waals surface area contributed by atoms with E-state index in [1.807, 2.05) is 6.92 Å². The summed E-state index contributed by atoms with van der Waals surface area (Å²) in [6.07, 6.45) is -1.62. The molecule has 2 amide bonds. The second-order valence-corrected chi connectivity index (χ2v) is 10.4. The van der Waals surface area contributed by atoms with E-state index in [4.69, 9.17) is 11.6 Å². The molecule has 2 aliphatic heterocycles. The van der Waals surface area contributed by atoms with Gasteiger partial charge in [0.05, 0.1) is 10.4 Å². The van der Waals surface area contributed by atoms with E-state index < -0.39 is 17.8 Å². The summed E-state index contributed by atoms with van der Waals surface area (Å²) in [7, 11) is 0. The molecule has 2 atom stereocenters. The lowest BCUT2D eigenvalue weighted by Crippen LogP contribution is -2.48. The molecule has 1 aromatic heterocycles. The second-order valence-electron chi connectivity index (χ2n) is 7.37. The number of amides is 2. The molecule has 30 heavy (non-hydrogen) atoms. The van der Waals surface area contributed by atoms with Crippen LogP contribution in [0.5, 0.6) is 0 Å². The van der Waals surface area contributed by atoms with E-state index in [2.05, 4.69) is 10.3 Å². The zero-order valence-corrected chi connectivity index (χ0v) is 18.1. The monoisotopic (exact) mass is 475 g/mol. The van der Waals surface area contributed by atoms with E-state index >= 15 is 0 Å². The highest BCUT2D eigenvalue weighted by Crippen LogP contribution is 2.47. The molecule has 1 aromatic carbocycles. The first kappa shape index (κ1) is 21.5. The van der Waals surface area contributed by atoms with Crippen LogP contribution in [0.25, 0.3) is 0 Å². The number of thiazole rings is 1. The van der Waals surface area contributed by atoms with Crippen molar-refractivity contribution < 1.29 is 22.8 Å². The highest BCUT2D eigenvalue weighted by molar-refractivity contribution is 8.01. The lowest BCUT2D eigenvalue weighted by Gasteiger charge is -2.29. The Balaban J connectivity index is 1.45. The van der Waals surface area contributed by atoms with Crippen molar-refractivity contribution in [1.82, 2.24) is 9.88 Å². The van der Waals surface area contributed by atoms with Gasteiger partial charge in [-0.25, -0.2) is 4.98 Å². The summed E-state index contributed by atoms with van der Waals surface area (Å²) >= 11 is 8.83. The van der Waals surface area contributed by atoms with Gasteiger partial charge in [-0.05, 0) is 37.1 Å². The molecule has 0 aliphatic carbocycles. The second kappa shape index (κ2) is 7.72. The third kappa shape index (κ3) is 4.04. The van der Waals surface area contributed by atoms with Gasteiger partial charge in [-0.15, -0.1) is 23.1 Å². The number of aromatic nitrogens is 1. The Kier molecular flexibility index (Phi) is 5.52. The highest BCUT2D eigenvalue weighted by atomic mass is 35.5. The molecule has 2 aromatic rings. The van der Waals surface area contributed by atoms with Gasteiger partial charge in [0.2, 0.25) is 11.8 Å². The molecule has 160 valence electrons. The zero-order chi connectivity index (χ0) is 21.7. The number of thioether (sulfide) groups is 1. The summed E-state index contributed by atoms with van der Waals surface area (Å²) in [5, 5.41) is 3.31. The summed E-state index contributed by atoms with van der Waals surface area (Å²) in [5.41, 5.74) is -0.435. The first-order valence-electron chi connectivity index (χ1n) is 9.14. The van der Waals surface area contributed by atoms with Crippen LogP contribution in [0.4, 0.5) is 18.3 Å². The van der Waals surface area contributed by atoms with Crippen LogP contribution in [-0.4, -0.2) is 38.4 Å². The number of halogens is 4. The van der Waals surface area contributed by atoms with Gasteiger partial charge in [0, 0.05) is 34.7 Å². The lowest BCUT2D eigenvalue weighted by molar-refractivity contribution is -0.137. The van der Waals surface area contributed by atoms with Gasteiger partial charge in [-0.1, -0.05) is 11.6 Å². The van der Waals surface area contributed by atoms with Crippen molar-refractivity contribution in [3.8, 4) is 0 Å². The van der Waals surface area contributed by atoms with Crippen molar-refractivity contribution in [3.63, 3.8) is 0 Å². The third-order valence-corrected chi connectivity index (χ3v) is 8.06. The minimum absolute atomic E-state index is 0.0262. The summed E-state index contributed by atoms with van der Waals surface area (Å²) in [6.45, 7) is 1.97.